The van der Waals surface area contributed by atoms with Crippen molar-refractivity contribution in [3.63, 3.8) is 0 Å². The number of nitrogens with two attached hydrogens (primary N) is 1. The number of hydrogen-bond donors (Lipinski definition) is 1. The van der Waals surface area contributed by atoms with Gasteiger partial charge in [0.2, 0.25) is 6.79 Å². The SMILES string of the molecule is CC(=O)c1cc2cc3c(cc2cc1N)OCO3. The van der Waals surface area contributed by atoms with Gasteiger partial charge in [-0.3, -0.25) is 4.79 Å². The standard InChI is InChI=1S/C13H11NO3/c1-7(15)10-2-8-4-12-13(17-6-16-12)5-9(8)3-11(10)14/h2-5H,6,14H2,1H3. The number of ether oxygens (including phenoxy) is 2. The van der Waals surface area contributed by atoms with E-state index in [2.05, 4.69) is 0 Å². The van der Waals surface area contributed by atoms with Crippen molar-refractivity contribution in [3.05, 3.63) is 29.8 Å². The number of carbonyl (C=O) groups excluding carboxylic acids is 1. The normalized spacial score (nSPS) is 13.0. The van der Waals surface area contributed by atoms with Crippen LogP contribution in [0, 0.1) is 0 Å². The number of benzene rings is 2. The minimum atomic E-state index is -0.0398. The third kappa shape index (κ3) is 1.49. The molecule has 3 rings (SSSR count). The van der Waals surface area contributed by atoms with Gasteiger partial charge in [-0.25, -0.2) is 0 Å². The van der Waals surface area contributed by atoms with Crippen molar-refractivity contribution in [3.8, 4) is 11.5 Å². The zero-order chi connectivity index (χ0) is 12.0. The average Bonchev–Trinajstić information content (AvgIpc) is 2.71. The fraction of sp³-hybridized carbons (Fsp3) is 0.154. The maximum Gasteiger partial charge on any atom is 0.231 e. The number of hydrogen-bond acceptors (Lipinski definition) is 4. The van der Waals surface area contributed by atoms with E-state index in [1.807, 2.05) is 12.1 Å². The molecule has 0 aliphatic carbocycles. The number of ketones is 1. The molecule has 0 aromatic heterocycles. The Morgan fingerprint density at radius 3 is 2.29 bits per heavy atom. The van der Waals surface area contributed by atoms with Gasteiger partial charge in [0.05, 0.1) is 0 Å². The van der Waals surface area contributed by atoms with Gasteiger partial charge < -0.3 is 15.2 Å². The lowest BCUT2D eigenvalue weighted by molar-refractivity contribution is 0.101. The number of anilines is 1. The van der Waals surface area contributed by atoms with E-state index >= 15 is 0 Å². The monoisotopic (exact) mass is 229 g/mol. The molecule has 0 radical (unpaired) electrons. The summed E-state index contributed by atoms with van der Waals surface area (Å²) < 4.78 is 10.6. The summed E-state index contributed by atoms with van der Waals surface area (Å²) >= 11 is 0. The second-order valence-electron chi connectivity index (χ2n) is 4.05. The second-order valence-corrected chi connectivity index (χ2v) is 4.05. The van der Waals surface area contributed by atoms with Crippen molar-refractivity contribution < 1.29 is 14.3 Å². The number of Topliss-reactive ketones (excluding diaryl/α,β-unsaturated/α-hetero) is 1. The van der Waals surface area contributed by atoms with E-state index in [1.165, 1.54) is 6.92 Å². The smallest absolute Gasteiger partial charge is 0.231 e. The van der Waals surface area contributed by atoms with Crippen molar-refractivity contribution in [1.29, 1.82) is 0 Å². The number of fused-ring (bicyclic) bond motifs is 2. The van der Waals surface area contributed by atoms with Crippen LogP contribution in [0.3, 0.4) is 0 Å². The molecule has 0 amide bonds. The van der Waals surface area contributed by atoms with E-state index in [4.69, 9.17) is 15.2 Å². The lowest BCUT2D eigenvalue weighted by Crippen LogP contribution is -1.99. The van der Waals surface area contributed by atoms with E-state index < -0.39 is 0 Å². The second kappa shape index (κ2) is 3.38. The van der Waals surface area contributed by atoms with Crippen LogP contribution in [0.5, 0.6) is 11.5 Å². The molecule has 1 aliphatic rings. The third-order valence-electron chi connectivity index (χ3n) is 2.88. The highest BCUT2D eigenvalue weighted by atomic mass is 16.7. The van der Waals surface area contributed by atoms with Gasteiger partial charge in [-0.05, 0) is 42.0 Å². The first kappa shape index (κ1) is 9.96. The zero-order valence-corrected chi connectivity index (χ0v) is 9.32. The van der Waals surface area contributed by atoms with Crippen molar-refractivity contribution in [2.45, 2.75) is 6.92 Å². The van der Waals surface area contributed by atoms with Crippen LogP contribution >= 0.6 is 0 Å². The van der Waals surface area contributed by atoms with Crippen LogP contribution in [0.2, 0.25) is 0 Å². The van der Waals surface area contributed by atoms with Crippen molar-refractivity contribution in [2.75, 3.05) is 12.5 Å². The largest absolute Gasteiger partial charge is 0.454 e. The quantitative estimate of drug-likeness (QED) is 0.602. The molecule has 0 spiro atoms. The fourth-order valence-corrected chi connectivity index (χ4v) is 2.01. The maximum atomic E-state index is 11.4. The molecule has 17 heavy (non-hydrogen) atoms. The van der Waals surface area contributed by atoms with Gasteiger partial charge in [0, 0.05) is 11.3 Å². The minimum Gasteiger partial charge on any atom is -0.454 e. The Balaban J connectivity index is 2.29. The van der Waals surface area contributed by atoms with E-state index in [0.29, 0.717) is 22.7 Å². The fourth-order valence-electron chi connectivity index (χ4n) is 2.01. The summed E-state index contributed by atoms with van der Waals surface area (Å²) in [6, 6.07) is 7.31. The molecule has 86 valence electrons. The van der Waals surface area contributed by atoms with Gasteiger partial charge in [0.15, 0.2) is 17.3 Å². The third-order valence-corrected chi connectivity index (χ3v) is 2.88. The van der Waals surface area contributed by atoms with E-state index in [9.17, 15) is 4.79 Å². The molecule has 0 saturated heterocycles. The predicted molar refractivity (Wildman–Crippen MR) is 64.5 cm³/mol. The number of rotatable bonds is 1. The molecule has 1 aliphatic heterocycles. The Hall–Kier alpha value is -2.23. The highest BCUT2D eigenvalue weighted by Gasteiger charge is 2.15. The Morgan fingerprint density at radius 1 is 1.12 bits per heavy atom. The van der Waals surface area contributed by atoms with Gasteiger partial charge in [0.1, 0.15) is 0 Å². The Labute approximate surface area is 97.9 Å². The van der Waals surface area contributed by atoms with Gasteiger partial charge >= 0.3 is 0 Å². The first-order valence-corrected chi connectivity index (χ1v) is 5.29. The van der Waals surface area contributed by atoms with Crippen LogP contribution in [0.15, 0.2) is 24.3 Å². The predicted octanol–water partition coefficient (Wildman–Crippen LogP) is 2.35. The number of carbonyl (C=O) groups is 1. The minimum absolute atomic E-state index is 0.0398. The molecular formula is C13H11NO3. The van der Waals surface area contributed by atoms with Gasteiger partial charge in [-0.1, -0.05) is 0 Å². The Kier molecular flexibility index (Phi) is 1.98. The molecule has 0 saturated carbocycles. The molecule has 0 fully saturated rings. The maximum absolute atomic E-state index is 11.4. The molecule has 2 aromatic rings. The Bertz CT molecular complexity index is 634. The summed E-state index contributed by atoms with van der Waals surface area (Å²) in [4.78, 5) is 11.4. The molecule has 4 nitrogen and oxygen atoms in total. The van der Waals surface area contributed by atoms with Crippen LogP contribution in [-0.4, -0.2) is 12.6 Å². The Morgan fingerprint density at radius 2 is 1.71 bits per heavy atom. The summed E-state index contributed by atoms with van der Waals surface area (Å²) in [5, 5.41) is 1.87. The highest BCUT2D eigenvalue weighted by Crippen LogP contribution is 2.37. The van der Waals surface area contributed by atoms with E-state index in [-0.39, 0.29) is 12.6 Å². The van der Waals surface area contributed by atoms with Gasteiger partial charge in [-0.2, -0.15) is 0 Å². The average molecular weight is 229 g/mol. The van der Waals surface area contributed by atoms with Crippen LogP contribution in [0.4, 0.5) is 5.69 Å². The number of nitrogen functional groups attached to an aromatic ring is 1. The van der Waals surface area contributed by atoms with E-state index in [0.717, 1.165) is 10.8 Å². The molecule has 2 N–H and O–H groups in total. The highest BCUT2D eigenvalue weighted by molar-refractivity contribution is 6.04. The summed E-state index contributed by atoms with van der Waals surface area (Å²) in [5.74, 6) is 1.38. The van der Waals surface area contributed by atoms with Crippen molar-refractivity contribution >= 4 is 22.2 Å². The van der Waals surface area contributed by atoms with Crippen LogP contribution in [0.1, 0.15) is 17.3 Å². The summed E-state index contributed by atoms with van der Waals surface area (Å²) in [5.41, 5.74) is 6.87. The molecule has 0 unspecified atom stereocenters. The lowest BCUT2D eigenvalue weighted by Gasteiger charge is -2.06. The molecule has 1 heterocycles. The van der Waals surface area contributed by atoms with Crippen LogP contribution in [0.25, 0.3) is 10.8 Å². The van der Waals surface area contributed by atoms with Gasteiger partial charge in [-0.15, -0.1) is 0 Å². The summed E-state index contributed by atoms with van der Waals surface area (Å²) in [7, 11) is 0. The molecular weight excluding hydrogens is 218 g/mol. The topological polar surface area (TPSA) is 61.6 Å². The van der Waals surface area contributed by atoms with E-state index in [1.54, 1.807) is 12.1 Å². The summed E-state index contributed by atoms with van der Waals surface area (Å²) in [6.45, 7) is 1.74. The van der Waals surface area contributed by atoms with Crippen LogP contribution in [-0.2, 0) is 0 Å². The van der Waals surface area contributed by atoms with Crippen LogP contribution < -0.4 is 15.2 Å². The van der Waals surface area contributed by atoms with Gasteiger partial charge in [0.25, 0.3) is 0 Å². The molecule has 0 atom stereocenters. The van der Waals surface area contributed by atoms with Crippen molar-refractivity contribution in [1.82, 2.24) is 0 Å². The molecule has 4 heteroatoms. The first-order valence-electron chi connectivity index (χ1n) is 5.29. The molecule has 2 aromatic carbocycles. The molecule has 0 bridgehead atoms. The zero-order valence-electron chi connectivity index (χ0n) is 9.32. The lowest BCUT2D eigenvalue weighted by atomic mass is 10.0. The summed E-state index contributed by atoms with van der Waals surface area (Å²) in [6.07, 6.45) is 0. The first-order chi connectivity index (χ1) is 8.15. The van der Waals surface area contributed by atoms with Crippen molar-refractivity contribution in [2.24, 2.45) is 0 Å².